The van der Waals surface area contributed by atoms with Crippen molar-refractivity contribution in [3.05, 3.63) is 70.8 Å². The highest BCUT2D eigenvalue weighted by Gasteiger charge is 2.15. The molecule has 0 spiro atoms. The number of ether oxygens (including phenoxy) is 1. The van der Waals surface area contributed by atoms with Gasteiger partial charge in [-0.05, 0) is 56.2 Å². The Kier molecular flexibility index (Phi) is 11.0. The third-order valence-electron chi connectivity index (χ3n) is 3.18. The fraction of sp³-hybridized carbons (Fsp3) is 0.286. The van der Waals surface area contributed by atoms with E-state index in [0.717, 1.165) is 11.1 Å². The fourth-order valence-corrected chi connectivity index (χ4v) is 2.01. The number of benzene rings is 2. The van der Waals surface area contributed by atoms with Crippen molar-refractivity contribution in [2.24, 2.45) is 5.73 Å². The second kappa shape index (κ2) is 12.3. The molecular formula is C21H25ClN4O2. The molecule has 1 amide bonds. The molecule has 0 bridgehead atoms. The van der Waals surface area contributed by atoms with E-state index in [1.54, 1.807) is 30.3 Å². The van der Waals surface area contributed by atoms with Crippen molar-refractivity contribution >= 4 is 18.5 Å². The largest absolute Gasteiger partial charge is 0.444 e. The van der Waals surface area contributed by atoms with Crippen molar-refractivity contribution in [1.82, 2.24) is 5.32 Å². The highest BCUT2D eigenvalue weighted by Crippen LogP contribution is 2.08. The van der Waals surface area contributed by atoms with Crippen molar-refractivity contribution < 1.29 is 9.53 Å². The summed E-state index contributed by atoms with van der Waals surface area (Å²) in [6, 6.07) is 18.5. The molecule has 0 unspecified atom stereocenters. The van der Waals surface area contributed by atoms with E-state index in [1.165, 1.54) is 0 Å². The molecule has 148 valence electrons. The zero-order valence-electron chi connectivity index (χ0n) is 16.2. The number of hydrogen-bond donors (Lipinski definition) is 2. The van der Waals surface area contributed by atoms with E-state index in [2.05, 4.69) is 5.32 Å². The van der Waals surface area contributed by atoms with E-state index in [0.29, 0.717) is 24.2 Å². The minimum atomic E-state index is -0.501. The van der Waals surface area contributed by atoms with Crippen LogP contribution in [0.3, 0.4) is 0 Å². The Morgan fingerprint density at radius 3 is 2.00 bits per heavy atom. The SMILES string of the molecule is CC(C)(C)OC(=O)NCc1cccc(C#N)c1.Cl.N#Cc1cccc(CN)c1. The zero-order valence-corrected chi connectivity index (χ0v) is 17.0. The molecule has 7 heteroatoms. The summed E-state index contributed by atoms with van der Waals surface area (Å²) in [6.07, 6.45) is -0.458. The zero-order chi connectivity index (χ0) is 20.3. The number of nitrogens with zero attached hydrogens (tertiary/aromatic N) is 2. The molecule has 0 fully saturated rings. The molecule has 0 aliphatic rings. The monoisotopic (exact) mass is 400 g/mol. The molecule has 0 atom stereocenters. The van der Waals surface area contributed by atoms with E-state index < -0.39 is 11.7 Å². The summed E-state index contributed by atoms with van der Waals surface area (Å²) >= 11 is 0. The summed E-state index contributed by atoms with van der Waals surface area (Å²) in [5.41, 5.74) is 7.98. The van der Waals surface area contributed by atoms with Gasteiger partial charge >= 0.3 is 6.09 Å². The lowest BCUT2D eigenvalue weighted by Crippen LogP contribution is -2.32. The Morgan fingerprint density at radius 2 is 1.54 bits per heavy atom. The molecule has 0 saturated carbocycles. The second-order valence-corrected chi connectivity index (χ2v) is 6.68. The Morgan fingerprint density at radius 1 is 1.04 bits per heavy atom. The number of nitriles is 2. The molecule has 3 N–H and O–H groups in total. The van der Waals surface area contributed by atoms with Crippen LogP contribution in [-0.2, 0) is 17.8 Å². The third kappa shape index (κ3) is 10.2. The Balaban J connectivity index is 0.000000567. The maximum Gasteiger partial charge on any atom is 0.407 e. The van der Waals surface area contributed by atoms with Crippen molar-refractivity contribution in [3.8, 4) is 12.1 Å². The van der Waals surface area contributed by atoms with Gasteiger partial charge in [0.2, 0.25) is 0 Å². The van der Waals surface area contributed by atoms with Gasteiger partial charge in [0.25, 0.3) is 0 Å². The predicted molar refractivity (Wildman–Crippen MR) is 111 cm³/mol. The van der Waals surface area contributed by atoms with Gasteiger partial charge in [-0.15, -0.1) is 12.4 Å². The van der Waals surface area contributed by atoms with Gasteiger partial charge < -0.3 is 15.8 Å². The second-order valence-electron chi connectivity index (χ2n) is 6.68. The average Bonchev–Trinajstić information content (AvgIpc) is 2.65. The first-order valence-corrected chi connectivity index (χ1v) is 8.42. The van der Waals surface area contributed by atoms with Crippen LogP contribution in [0.5, 0.6) is 0 Å². The van der Waals surface area contributed by atoms with Crippen LogP contribution < -0.4 is 11.1 Å². The lowest BCUT2D eigenvalue weighted by Gasteiger charge is -2.19. The quantitative estimate of drug-likeness (QED) is 0.807. The maximum atomic E-state index is 11.4. The number of carbonyl (C=O) groups excluding carboxylic acids is 1. The molecule has 2 aromatic carbocycles. The first-order valence-electron chi connectivity index (χ1n) is 8.42. The normalized spacial score (nSPS) is 9.50. The summed E-state index contributed by atoms with van der Waals surface area (Å²) in [6.45, 7) is 6.27. The van der Waals surface area contributed by atoms with Gasteiger partial charge in [0.1, 0.15) is 5.60 Å². The number of rotatable bonds is 3. The van der Waals surface area contributed by atoms with E-state index in [4.69, 9.17) is 21.0 Å². The number of hydrogen-bond acceptors (Lipinski definition) is 5. The van der Waals surface area contributed by atoms with Gasteiger partial charge in [0.05, 0.1) is 23.3 Å². The van der Waals surface area contributed by atoms with Crippen LogP contribution in [0, 0.1) is 22.7 Å². The highest BCUT2D eigenvalue weighted by atomic mass is 35.5. The molecule has 0 saturated heterocycles. The van der Waals surface area contributed by atoms with Gasteiger partial charge in [0, 0.05) is 13.1 Å². The van der Waals surface area contributed by atoms with E-state index in [1.807, 2.05) is 51.1 Å². The Hall–Kier alpha value is -3.06. The molecule has 6 nitrogen and oxygen atoms in total. The van der Waals surface area contributed by atoms with Crippen molar-refractivity contribution in [1.29, 1.82) is 10.5 Å². The molecule has 0 aliphatic heterocycles. The Bertz CT molecular complexity index is 848. The first-order chi connectivity index (χ1) is 12.8. The first kappa shape index (κ1) is 24.9. The van der Waals surface area contributed by atoms with Crippen LogP contribution in [0.4, 0.5) is 4.79 Å². The van der Waals surface area contributed by atoms with Gasteiger partial charge in [0.15, 0.2) is 0 Å². The number of alkyl carbamates (subject to hydrolysis) is 1. The lowest BCUT2D eigenvalue weighted by atomic mass is 10.1. The minimum absolute atomic E-state index is 0. The van der Waals surface area contributed by atoms with Crippen LogP contribution in [0.2, 0.25) is 0 Å². The molecule has 0 radical (unpaired) electrons. The van der Waals surface area contributed by atoms with Crippen LogP contribution in [0.25, 0.3) is 0 Å². The van der Waals surface area contributed by atoms with Gasteiger partial charge in [-0.1, -0.05) is 24.3 Å². The number of carbonyl (C=O) groups is 1. The van der Waals surface area contributed by atoms with Gasteiger partial charge in [-0.3, -0.25) is 0 Å². The summed E-state index contributed by atoms with van der Waals surface area (Å²) in [4.78, 5) is 11.4. The fourth-order valence-electron chi connectivity index (χ4n) is 2.01. The molecule has 0 aromatic heterocycles. The van der Waals surface area contributed by atoms with Crippen LogP contribution in [-0.4, -0.2) is 11.7 Å². The smallest absolute Gasteiger partial charge is 0.407 e. The Labute approximate surface area is 172 Å². The maximum absolute atomic E-state index is 11.4. The molecule has 0 heterocycles. The van der Waals surface area contributed by atoms with E-state index >= 15 is 0 Å². The topological polar surface area (TPSA) is 112 Å². The summed E-state index contributed by atoms with van der Waals surface area (Å²) in [5, 5.41) is 19.8. The standard InChI is InChI=1S/C13H16N2O2.C8H8N2.ClH/c1-13(2,3)17-12(16)15-9-11-6-4-5-10(7-11)8-14;9-5-7-2-1-3-8(4-7)6-10;/h4-7H,9H2,1-3H3,(H,15,16);1-4H,5,9H2;1H. The molecular weight excluding hydrogens is 376 g/mol. The number of nitrogens with two attached hydrogens (primary N) is 1. The number of nitrogens with one attached hydrogen (secondary N) is 1. The van der Waals surface area contributed by atoms with Crippen molar-refractivity contribution in [2.75, 3.05) is 0 Å². The van der Waals surface area contributed by atoms with Crippen molar-refractivity contribution in [2.45, 2.75) is 39.5 Å². The summed E-state index contributed by atoms with van der Waals surface area (Å²) in [5.74, 6) is 0. The predicted octanol–water partition coefficient (Wildman–Crippen LogP) is 4.02. The van der Waals surface area contributed by atoms with E-state index in [-0.39, 0.29) is 12.4 Å². The van der Waals surface area contributed by atoms with Crippen LogP contribution >= 0.6 is 12.4 Å². The van der Waals surface area contributed by atoms with Gasteiger partial charge in [-0.25, -0.2) is 4.79 Å². The minimum Gasteiger partial charge on any atom is -0.444 e. The van der Waals surface area contributed by atoms with E-state index in [9.17, 15) is 4.79 Å². The highest BCUT2D eigenvalue weighted by molar-refractivity contribution is 5.85. The summed E-state index contributed by atoms with van der Waals surface area (Å²) < 4.78 is 5.10. The van der Waals surface area contributed by atoms with Crippen LogP contribution in [0.15, 0.2) is 48.5 Å². The molecule has 2 aromatic rings. The third-order valence-corrected chi connectivity index (χ3v) is 3.18. The molecule has 2 rings (SSSR count). The van der Waals surface area contributed by atoms with Crippen molar-refractivity contribution in [3.63, 3.8) is 0 Å². The lowest BCUT2D eigenvalue weighted by molar-refractivity contribution is 0.0523. The number of amides is 1. The molecule has 0 aliphatic carbocycles. The summed E-state index contributed by atoms with van der Waals surface area (Å²) in [7, 11) is 0. The van der Waals surface area contributed by atoms with Gasteiger partial charge in [-0.2, -0.15) is 10.5 Å². The number of halogens is 1. The van der Waals surface area contributed by atoms with Crippen LogP contribution in [0.1, 0.15) is 43.0 Å². The average molecular weight is 401 g/mol. The molecule has 28 heavy (non-hydrogen) atoms.